The molecule has 0 amide bonds. The highest BCUT2D eigenvalue weighted by atomic mass is 31.2. The fraction of sp³-hybridized carbons (Fsp3) is 0.667. The van der Waals surface area contributed by atoms with Gasteiger partial charge in [-0.25, -0.2) is 4.57 Å². The van der Waals surface area contributed by atoms with E-state index in [0.717, 1.165) is 44.9 Å². The minimum Gasteiger partial charge on any atom is -0.498 e. The molecule has 0 aliphatic carbocycles. The van der Waals surface area contributed by atoms with E-state index in [4.69, 9.17) is 24.3 Å². The number of esters is 1. The Morgan fingerprint density at radius 3 is 1.73 bits per heavy atom. The highest BCUT2D eigenvalue weighted by Crippen LogP contribution is 2.43. The van der Waals surface area contributed by atoms with Crippen LogP contribution in [0.1, 0.15) is 155 Å². The number of phosphoric acid groups is 1. The smallest absolute Gasteiger partial charge is 0.472 e. The minimum atomic E-state index is -4.32. The van der Waals surface area contributed by atoms with E-state index >= 15 is 0 Å². The number of aliphatic hydroxyl groups is 1. The summed E-state index contributed by atoms with van der Waals surface area (Å²) in [6, 6.07) is 0. The lowest BCUT2D eigenvalue weighted by Gasteiger charge is -2.19. The fourth-order valence-corrected chi connectivity index (χ4v) is 6.06. The lowest BCUT2D eigenvalue weighted by molar-refractivity contribution is -0.153. The molecule has 0 fully saturated rings. The molecule has 0 bridgehead atoms. The van der Waals surface area contributed by atoms with Crippen LogP contribution in [-0.4, -0.2) is 54.5 Å². The number of carbonyl (C=O) groups excluding carboxylic acids is 1. The van der Waals surface area contributed by atoms with Gasteiger partial charge in [-0.3, -0.25) is 13.8 Å². The van der Waals surface area contributed by atoms with Crippen LogP contribution in [0, 0.1) is 0 Å². The number of ether oxygens (including phenoxy) is 2. The average Bonchev–Trinajstić information content (AvgIpc) is 3.18. The molecule has 0 spiro atoms. The summed E-state index contributed by atoms with van der Waals surface area (Å²) in [5.74, 6) is -0.446. The van der Waals surface area contributed by atoms with Crippen LogP contribution in [0.2, 0.25) is 0 Å². The van der Waals surface area contributed by atoms with Crippen molar-refractivity contribution in [3.8, 4) is 0 Å². The molecular weight excluding hydrogens is 713 g/mol. The second-order valence-corrected chi connectivity index (χ2v) is 15.2. The Kier molecular flexibility index (Phi) is 39.2. The number of allylic oxidation sites excluding steroid dienone is 12. The quantitative estimate of drug-likeness (QED) is 0.0139. The zero-order chi connectivity index (χ0) is 40.3. The van der Waals surface area contributed by atoms with Crippen LogP contribution < -0.4 is 5.73 Å². The van der Waals surface area contributed by atoms with Gasteiger partial charge in [-0.15, -0.1) is 0 Å². The molecule has 0 rings (SSSR count). The van der Waals surface area contributed by atoms with Crippen LogP contribution in [0.15, 0.2) is 85.3 Å². The molecule has 0 saturated carbocycles. The molecule has 4 N–H and O–H groups in total. The number of nitrogens with two attached hydrogens (primary N) is 1. The van der Waals surface area contributed by atoms with Gasteiger partial charge in [0.1, 0.15) is 6.61 Å². The molecule has 0 aromatic carbocycles. The summed E-state index contributed by atoms with van der Waals surface area (Å²) in [4.78, 5) is 22.4. The van der Waals surface area contributed by atoms with E-state index in [1.165, 1.54) is 83.5 Å². The van der Waals surface area contributed by atoms with Crippen LogP contribution in [0.3, 0.4) is 0 Å². The first kappa shape index (κ1) is 52.5. The third kappa shape index (κ3) is 40.9. The normalized spacial score (nSPS) is 14.9. The van der Waals surface area contributed by atoms with E-state index in [0.29, 0.717) is 6.42 Å². The third-order valence-electron chi connectivity index (χ3n) is 8.56. The zero-order valence-corrected chi connectivity index (χ0v) is 35.4. The van der Waals surface area contributed by atoms with E-state index < -0.39 is 19.9 Å². The molecule has 0 aromatic heterocycles. The highest BCUT2D eigenvalue weighted by molar-refractivity contribution is 7.47. The van der Waals surface area contributed by atoms with Gasteiger partial charge in [0.2, 0.25) is 0 Å². The van der Waals surface area contributed by atoms with Crippen LogP contribution in [0.5, 0.6) is 0 Å². The van der Waals surface area contributed by atoms with Crippen molar-refractivity contribution in [1.29, 1.82) is 0 Å². The Hall–Kier alpha value is -2.52. The summed E-state index contributed by atoms with van der Waals surface area (Å²) in [5.41, 5.74) is 5.35. The van der Waals surface area contributed by atoms with Gasteiger partial charge in [-0.1, -0.05) is 170 Å². The Balaban J connectivity index is 4.26. The van der Waals surface area contributed by atoms with Crippen molar-refractivity contribution in [2.24, 2.45) is 5.73 Å². The number of rotatable bonds is 39. The molecule has 0 aliphatic heterocycles. The number of unbranched alkanes of at least 4 members (excludes halogenated alkanes) is 14. The Morgan fingerprint density at radius 1 is 0.655 bits per heavy atom. The number of phosphoric ester groups is 1. The molecule has 55 heavy (non-hydrogen) atoms. The van der Waals surface area contributed by atoms with Gasteiger partial charge in [-0.05, 0) is 57.4 Å². The van der Waals surface area contributed by atoms with E-state index in [9.17, 15) is 19.4 Å². The molecular formula is C45H78NO8P. The summed E-state index contributed by atoms with van der Waals surface area (Å²) in [5, 5.41) is 9.46. The van der Waals surface area contributed by atoms with Crippen molar-refractivity contribution in [3.05, 3.63) is 85.3 Å². The molecule has 3 atom stereocenters. The van der Waals surface area contributed by atoms with Gasteiger partial charge < -0.3 is 25.2 Å². The highest BCUT2D eigenvalue weighted by Gasteiger charge is 2.25. The first-order valence-corrected chi connectivity index (χ1v) is 22.7. The van der Waals surface area contributed by atoms with E-state index in [1.807, 2.05) is 37.3 Å². The Labute approximate surface area is 335 Å². The maximum absolute atomic E-state index is 12.5. The van der Waals surface area contributed by atoms with E-state index in [-0.39, 0.29) is 38.9 Å². The van der Waals surface area contributed by atoms with Gasteiger partial charge in [-0.2, -0.15) is 0 Å². The van der Waals surface area contributed by atoms with Crippen molar-refractivity contribution in [1.82, 2.24) is 0 Å². The summed E-state index contributed by atoms with van der Waals surface area (Å²) >= 11 is 0. The van der Waals surface area contributed by atoms with Crippen LogP contribution in [0.25, 0.3) is 0 Å². The molecule has 3 unspecified atom stereocenters. The van der Waals surface area contributed by atoms with Crippen molar-refractivity contribution >= 4 is 13.8 Å². The summed E-state index contributed by atoms with van der Waals surface area (Å²) in [7, 11) is -4.32. The van der Waals surface area contributed by atoms with Gasteiger partial charge in [0.15, 0.2) is 6.10 Å². The summed E-state index contributed by atoms with van der Waals surface area (Å²) in [6.07, 6.45) is 50.8. The first-order valence-electron chi connectivity index (χ1n) is 21.2. The lowest BCUT2D eigenvalue weighted by atomic mass is 10.0. The Morgan fingerprint density at radius 2 is 1.18 bits per heavy atom. The maximum Gasteiger partial charge on any atom is 0.472 e. The molecule has 0 aliphatic rings. The molecule has 0 heterocycles. The van der Waals surface area contributed by atoms with Crippen molar-refractivity contribution < 1.29 is 37.9 Å². The molecule has 10 heteroatoms. The number of carbonyl (C=O) groups is 1. The van der Waals surface area contributed by atoms with Gasteiger partial charge >= 0.3 is 13.8 Å². The summed E-state index contributed by atoms with van der Waals surface area (Å²) < 4.78 is 33.0. The number of aliphatic hydroxyl groups excluding tert-OH is 1. The first-order chi connectivity index (χ1) is 26.8. The molecule has 0 aromatic rings. The lowest BCUT2D eigenvalue weighted by Crippen LogP contribution is -2.27. The SMILES string of the molecule is CCCCCCCCCCCCCCCCC=COCC(COP(=O)(O)OCCN)OC(=O)CCC=CCC=CCC=CCC=CCC=CC=CC(O)CC. The summed E-state index contributed by atoms with van der Waals surface area (Å²) in [6.45, 7) is 3.80. The third-order valence-corrected chi connectivity index (χ3v) is 9.55. The van der Waals surface area contributed by atoms with E-state index in [1.54, 1.807) is 12.3 Å². The number of hydrogen-bond acceptors (Lipinski definition) is 8. The predicted octanol–water partition coefficient (Wildman–Crippen LogP) is 11.8. The molecule has 9 nitrogen and oxygen atoms in total. The van der Waals surface area contributed by atoms with Crippen LogP contribution in [-0.2, 0) is 27.9 Å². The number of hydrogen-bond donors (Lipinski definition) is 3. The predicted molar refractivity (Wildman–Crippen MR) is 230 cm³/mol. The van der Waals surface area contributed by atoms with Crippen molar-refractivity contribution in [3.63, 3.8) is 0 Å². The van der Waals surface area contributed by atoms with Crippen molar-refractivity contribution in [2.45, 2.75) is 167 Å². The van der Waals surface area contributed by atoms with Gasteiger partial charge in [0.25, 0.3) is 0 Å². The largest absolute Gasteiger partial charge is 0.498 e. The van der Waals surface area contributed by atoms with Gasteiger partial charge in [0.05, 0.1) is 25.6 Å². The van der Waals surface area contributed by atoms with Crippen molar-refractivity contribution in [2.75, 3.05) is 26.4 Å². The second-order valence-electron chi connectivity index (χ2n) is 13.7. The average molecular weight is 792 g/mol. The standard InChI is InChI=1S/C45H78NO8P/c1-3-5-6-7-8-9-10-11-12-17-20-23-26-29-32-35-39-51-41-44(42-53-55(49,50)52-40-38-46)54-45(48)37-34-31-28-25-22-19-16-14-13-15-18-21-24-27-30-33-36-43(47)4-2/h13-14,18-19,21-22,27-28,30-31,33,35-36,39,43-44,47H,3-12,15-17,20,23-26,29,32,34,37-38,40-42,46H2,1-2H3,(H,49,50). The zero-order valence-electron chi connectivity index (χ0n) is 34.5. The molecule has 316 valence electrons. The molecule has 0 radical (unpaired) electrons. The minimum absolute atomic E-state index is 0.00989. The molecule has 0 saturated heterocycles. The fourth-order valence-electron chi connectivity index (χ4n) is 5.29. The topological polar surface area (TPSA) is 138 Å². The maximum atomic E-state index is 12.5. The van der Waals surface area contributed by atoms with Gasteiger partial charge in [0, 0.05) is 13.0 Å². The van der Waals surface area contributed by atoms with Crippen LogP contribution >= 0.6 is 7.82 Å². The van der Waals surface area contributed by atoms with E-state index in [2.05, 4.69) is 49.5 Å². The second kappa shape index (κ2) is 41.1. The monoisotopic (exact) mass is 792 g/mol. The Bertz CT molecular complexity index is 1130. The van der Waals surface area contributed by atoms with Crippen LogP contribution in [0.4, 0.5) is 0 Å².